The van der Waals surface area contributed by atoms with Crippen molar-refractivity contribution in [2.45, 2.75) is 72.6 Å². The van der Waals surface area contributed by atoms with Crippen molar-refractivity contribution in [1.82, 2.24) is 15.0 Å². The molecule has 1 spiro atoms. The lowest BCUT2D eigenvalue weighted by Gasteiger charge is -2.47. The Morgan fingerprint density at radius 3 is 2.29 bits per heavy atom. The average Bonchev–Trinajstić information content (AvgIpc) is 3.29. The number of nitrogens with two attached hydrogens (primary N) is 1. The number of aliphatic imine (C=N–C) groups is 1. The van der Waals surface area contributed by atoms with E-state index in [0.29, 0.717) is 35.4 Å². The number of hydrogen-bond donors (Lipinski definition) is 1. The smallest absolute Gasteiger partial charge is 0.259 e. The number of halogens is 1. The Kier molecular flexibility index (Phi) is 8.51. The maximum absolute atomic E-state index is 13.5. The molecule has 0 radical (unpaired) electrons. The summed E-state index contributed by atoms with van der Waals surface area (Å²) < 4.78 is 5.38. The molecular weight excluding hydrogens is 450 g/mol. The van der Waals surface area contributed by atoms with Crippen LogP contribution in [-0.2, 0) is 4.79 Å². The molecule has 0 unspecified atom stereocenters. The molecule has 2 fully saturated rings. The van der Waals surface area contributed by atoms with E-state index in [-0.39, 0.29) is 28.3 Å². The van der Waals surface area contributed by atoms with Crippen LogP contribution in [0.15, 0.2) is 21.2 Å². The molecule has 1 amide bonds. The van der Waals surface area contributed by atoms with Crippen LogP contribution in [0.5, 0.6) is 0 Å². The molecule has 2 aliphatic rings. The Labute approximate surface area is 209 Å². The highest BCUT2D eigenvalue weighted by molar-refractivity contribution is 6.73. The third kappa shape index (κ3) is 6.42. The second-order valence-corrected chi connectivity index (χ2v) is 11.9. The summed E-state index contributed by atoms with van der Waals surface area (Å²) in [7, 11) is 1.56. The van der Waals surface area contributed by atoms with Crippen LogP contribution < -0.4 is 5.73 Å². The van der Waals surface area contributed by atoms with Gasteiger partial charge >= 0.3 is 0 Å². The monoisotopic (exact) mass is 491 g/mol. The molecule has 0 atom stereocenters. The SMILES string of the molecule is CN=C(Cl)/C(C(=O)N1CCC2(CCN(CCC(C)(C)C)CC2)CC1)=C(\N)c1cc(C(C)C)on1. The minimum Gasteiger partial charge on any atom is -0.396 e. The summed E-state index contributed by atoms with van der Waals surface area (Å²) >= 11 is 6.38. The van der Waals surface area contributed by atoms with Gasteiger partial charge in [0.15, 0.2) is 0 Å². The van der Waals surface area contributed by atoms with Gasteiger partial charge in [0.2, 0.25) is 0 Å². The Bertz CT molecular complexity index is 910. The van der Waals surface area contributed by atoms with E-state index in [9.17, 15) is 4.79 Å². The predicted molar refractivity (Wildman–Crippen MR) is 139 cm³/mol. The van der Waals surface area contributed by atoms with Gasteiger partial charge in [-0.15, -0.1) is 0 Å². The Morgan fingerprint density at radius 1 is 1.21 bits per heavy atom. The number of rotatable bonds is 6. The molecular formula is C26H42ClN5O2. The molecule has 2 N–H and O–H groups in total. The fourth-order valence-electron chi connectivity index (χ4n) is 4.83. The number of carbonyl (C=O) groups is 1. The van der Waals surface area contributed by atoms with Crippen LogP contribution in [0.3, 0.4) is 0 Å². The van der Waals surface area contributed by atoms with Gasteiger partial charge in [-0.25, -0.2) is 0 Å². The molecule has 1 aromatic heterocycles. The van der Waals surface area contributed by atoms with Gasteiger partial charge in [-0.1, -0.05) is 51.4 Å². The summed E-state index contributed by atoms with van der Waals surface area (Å²) in [6.45, 7) is 15.8. The Morgan fingerprint density at radius 2 is 1.79 bits per heavy atom. The lowest BCUT2D eigenvalue weighted by molar-refractivity contribution is -0.129. The van der Waals surface area contributed by atoms with E-state index >= 15 is 0 Å². The first-order valence-corrected chi connectivity index (χ1v) is 12.9. The molecule has 190 valence electrons. The molecule has 3 rings (SSSR count). The first-order chi connectivity index (χ1) is 15.9. The summed E-state index contributed by atoms with van der Waals surface area (Å²) in [6, 6.07) is 1.77. The summed E-state index contributed by atoms with van der Waals surface area (Å²) in [4.78, 5) is 22.0. The molecule has 0 saturated carbocycles. The van der Waals surface area contributed by atoms with Crippen LogP contribution in [0, 0.1) is 10.8 Å². The molecule has 1 aromatic rings. The standard InChI is InChI=1S/C26H42ClN5O2/c1-18(2)20-17-19(30-34-20)22(28)21(23(27)29-6)24(33)32-15-10-26(11-16-32)8-13-31(14-9-26)12-7-25(3,4)5/h17-18H,7-16,28H2,1-6H3/b22-21+,29-23?. The summed E-state index contributed by atoms with van der Waals surface area (Å²) in [5.74, 6) is 0.699. The molecule has 3 heterocycles. The van der Waals surface area contributed by atoms with Gasteiger partial charge in [-0.2, -0.15) is 0 Å². The van der Waals surface area contributed by atoms with Crippen LogP contribution >= 0.6 is 11.6 Å². The van der Waals surface area contributed by atoms with Crippen LogP contribution in [0.4, 0.5) is 0 Å². The highest BCUT2D eigenvalue weighted by atomic mass is 35.5. The van der Waals surface area contributed by atoms with E-state index in [0.717, 1.165) is 25.9 Å². The number of hydrogen-bond acceptors (Lipinski definition) is 6. The van der Waals surface area contributed by atoms with Crippen LogP contribution in [-0.4, -0.2) is 65.8 Å². The quantitative estimate of drug-likeness (QED) is 0.452. The van der Waals surface area contributed by atoms with Gasteiger partial charge in [0.25, 0.3) is 5.91 Å². The second-order valence-electron chi connectivity index (χ2n) is 11.5. The lowest BCUT2D eigenvalue weighted by atomic mass is 9.71. The first kappa shape index (κ1) is 26.7. The average molecular weight is 492 g/mol. The van der Waals surface area contributed by atoms with E-state index in [4.69, 9.17) is 21.9 Å². The fraction of sp³-hybridized carbons (Fsp3) is 0.731. The minimum atomic E-state index is -0.181. The van der Waals surface area contributed by atoms with Crippen LogP contribution in [0.25, 0.3) is 5.70 Å². The van der Waals surface area contributed by atoms with Crippen molar-refractivity contribution in [2.75, 3.05) is 39.8 Å². The van der Waals surface area contributed by atoms with Crippen LogP contribution in [0.2, 0.25) is 0 Å². The number of nitrogens with zero attached hydrogens (tertiary/aromatic N) is 4. The van der Waals surface area contributed by atoms with Gasteiger partial charge in [-0.05, 0) is 62.6 Å². The number of amides is 1. The number of likely N-dealkylation sites (tertiary alicyclic amines) is 2. The summed E-state index contributed by atoms with van der Waals surface area (Å²) in [5, 5.41) is 4.16. The zero-order chi connectivity index (χ0) is 25.1. The molecule has 0 bridgehead atoms. The van der Waals surface area contributed by atoms with E-state index in [1.807, 2.05) is 18.7 Å². The molecule has 2 aliphatic heterocycles. The van der Waals surface area contributed by atoms with E-state index in [1.165, 1.54) is 25.8 Å². The molecule has 8 heteroatoms. The first-order valence-electron chi connectivity index (χ1n) is 12.6. The zero-order valence-electron chi connectivity index (χ0n) is 21.8. The minimum absolute atomic E-state index is 0.101. The van der Waals surface area contributed by atoms with Crippen molar-refractivity contribution in [2.24, 2.45) is 21.6 Å². The highest BCUT2D eigenvalue weighted by Gasteiger charge is 2.39. The van der Waals surface area contributed by atoms with Gasteiger partial charge in [0.05, 0.1) is 5.70 Å². The van der Waals surface area contributed by atoms with Gasteiger partial charge in [0.1, 0.15) is 22.2 Å². The summed E-state index contributed by atoms with van der Waals surface area (Å²) in [6.07, 6.45) is 5.67. The molecule has 34 heavy (non-hydrogen) atoms. The lowest BCUT2D eigenvalue weighted by Crippen LogP contribution is -2.49. The van der Waals surface area contributed by atoms with E-state index < -0.39 is 0 Å². The number of carbonyl (C=O) groups excluding carboxylic acids is 1. The number of aromatic nitrogens is 1. The Hall–Kier alpha value is -1.86. The van der Waals surface area contributed by atoms with Crippen molar-refractivity contribution in [3.8, 4) is 0 Å². The second kappa shape index (κ2) is 10.8. The Balaban J connectivity index is 1.66. The predicted octanol–water partition coefficient (Wildman–Crippen LogP) is 4.88. The zero-order valence-corrected chi connectivity index (χ0v) is 22.5. The molecule has 0 aromatic carbocycles. The normalized spacial score (nSPS) is 20.7. The van der Waals surface area contributed by atoms with Crippen molar-refractivity contribution < 1.29 is 9.32 Å². The van der Waals surface area contributed by atoms with Crippen molar-refractivity contribution in [1.29, 1.82) is 0 Å². The topological polar surface area (TPSA) is 88.0 Å². The summed E-state index contributed by atoms with van der Waals surface area (Å²) in [5.41, 5.74) is 7.94. The van der Waals surface area contributed by atoms with Gasteiger partial charge in [-0.3, -0.25) is 9.79 Å². The third-order valence-electron chi connectivity index (χ3n) is 7.47. The number of piperidine rings is 2. The van der Waals surface area contributed by atoms with Crippen LogP contribution in [0.1, 0.15) is 84.1 Å². The highest BCUT2D eigenvalue weighted by Crippen LogP contribution is 2.42. The maximum Gasteiger partial charge on any atom is 0.259 e. The third-order valence-corrected chi connectivity index (χ3v) is 7.82. The van der Waals surface area contributed by atoms with E-state index in [2.05, 4.69) is 35.8 Å². The molecule has 2 saturated heterocycles. The van der Waals surface area contributed by atoms with Crippen molar-refractivity contribution >= 4 is 28.4 Å². The largest absolute Gasteiger partial charge is 0.396 e. The fourth-order valence-corrected chi connectivity index (χ4v) is 5.01. The van der Waals surface area contributed by atoms with Gasteiger partial charge in [0, 0.05) is 32.1 Å². The van der Waals surface area contributed by atoms with Gasteiger partial charge < -0.3 is 20.1 Å². The van der Waals surface area contributed by atoms with E-state index in [1.54, 1.807) is 13.1 Å². The maximum atomic E-state index is 13.5. The van der Waals surface area contributed by atoms with Crippen molar-refractivity contribution in [3.05, 3.63) is 23.1 Å². The van der Waals surface area contributed by atoms with Crippen molar-refractivity contribution in [3.63, 3.8) is 0 Å². The molecule has 0 aliphatic carbocycles. The molecule has 7 nitrogen and oxygen atoms in total.